The van der Waals surface area contributed by atoms with E-state index in [2.05, 4.69) is 20.3 Å². The minimum absolute atomic E-state index is 0.314. The first-order chi connectivity index (χ1) is 17.2. The summed E-state index contributed by atoms with van der Waals surface area (Å²) in [4.78, 5) is 24.5. The summed E-state index contributed by atoms with van der Waals surface area (Å²) in [6.07, 6.45) is 4.90. The van der Waals surface area contributed by atoms with Crippen LogP contribution in [0.25, 0.3) is 22.7 Å². The Morgan fingerprint density at radius 1 is 1.14 bits per heavy atom. The Kier molecular flexibility index (Phi) is 5.47. The molecule has 0 bridgehead atoms. The van der Waals surface area contributed by atoms with Gasteiger partial charge in [-0.25, -0.2) is 19.2 Å². The second-order valence-corrected chi connectivity index (χ2v) is 9.01. The van der Waals surface area contributed by atoms with Crippen molar-refractivity contribution in [3.63, 3.8) is 0 Å². The summed E-state index contributed by atoms with van der Waals surface area (Å²) in [5, 5.41) is 15.0. The number of carbonyl (C=O) groups is 1. The third-order valence-corrected chi connectivity index (χ3v) is 6.69. The van der Waals surface area contributed by atoms with Crippen molar-refractivity contribution in [2.45, 2.75) is 6.92 Å². The lowest BCUT2D eigenvalue weighted by Crippen LogP contribution is -2.36. The molecule has 4 aromatic heterocycles. The van der Waals surface area contributed by atoms with Gasteiger partial charge in [-0.05, 0) is 25.1 Å². The number of thiazole rings is 1. The van der Waals surface area contributed by atoms with Gasteiger partial charge >= 0.3 is 0 Å². The number of hydrogen-bond donors (Lipinski definition) is 1. The van der Waals surface area contributed by atoms with E-state index in [4.69, 9.17) is 14.8 Å². The van der Waals surface area contributed by atoms with Crippen molar-refractivity contribution < 1.29 is 9.53 Å². The molecule has 0 atom stereocenters. The first-order valence-electron chi connectivity index (χ1n) is 11.2. The molecule has 6 rings (SSSR count). The van der Waals surface area contributed by atoms with Crippen molar-refractivity contribution in [2.24, 2.45) is 0 Å². The number of nitrogens with one attached hydrogen (secondary N) is 1. The van der Waals surface area contributed by atoms with Crippen LogP contribution < -0.4 is 10.2 Å². The van der Waals surface area contributed by atoms with Gasteiger partial charge in [-0.1, -0.05) is 17.7 Å². The zero-order chi connectivity index (χ0) is 23.8. The van der Waals surface area contributed by atoms with Crippen molar-refractivity contribution in [1.82, 2.24) is 29.4 Å². The predicted octanol–water partition coefficient (Wildman–Crippen LogP) is 3.44. The van der Waals surface area contributed by atoms with Gasteiger partial charge in [0.15, 0.2) is 10.8 Å². The number of aryl methyl sites for hydroxylation is 1. The molecule has 1 saturated heterocycles. The molecule has 0 spiro atoms. The second kappa shape index (κ2) is 8.93. The summed E-state index contributed by atoms with van der Waals surface area (Å²) in [5.41, 5.74) is 4.27. The molecular weight excluding hydrogens is 464 g/mol. The first kappa shape index (κ1) is 21.4. The molecule has 5 heterocycles. The summed E-state index contributed by atoms with van der Waals surface area (Å²) < 4.78 is 8.74. The van der Waals surface area contributed by atoms with Crippen molar-refractivity contribution in [3.8, 4) is 17.1 Å². The van der Waals surface area contributed by atoms with Gasteiger partial charge in [0.05, 0.1) is 25.1 Å². The Labute approximate surface area is 204 Å². The zero-order valence-corrected chi connectivity index (χ0v) is 19.8. The molecule has 0 aliphatic carbocycles. The fraction of sp³-hybridized carbons (Fsp3) is 0.208. The summed E-state index contributed by atoms with van der Waals surface area (Å²) >= 11 is 1.58. The van der Waals surface area contributed by atoms with E-state index in [-0.39, 0.29) is 5.91 Å². The highest BCUT2D eigenvalue weighted by Gasteiger charge is 2.21. The minimum Gasteiger partial charge on any atom is -0.378 e. The maximum absolute atomic E-state index is 13.2. The third-order valence-electron chi connectivity index (χ3n) is 5.79. The number of carbonyl (C=O) groups excluding carboxylic acids is 1. The average molecular weight is 487 g/mol. The number of ether oxygens (including phenoxy) is 1. The van der Waals surface area contributed by atoms with Crippen LogP contribution >= 0.6 is 11.3 Å². The molecule has 0 saturated carbocycles. The van der Waals surface area contributed by atoms with Crippen LogP contribution in [0.1, 0.15) is 15.9 Å². The van der Waals surface area contributed by atoms with Gasteiger partial charge in [0.25, 0.3) is 5.91 Å². The topological polar surface area (TPSA) is 102 Å². The lowest BCUT2D eigenvalue weighted by atomic mass is 10.2. The largest absolute Gasteiger partial charge is 0.378 e. The van der Waals surface area contributed by atoms with Crippen LogP contribution in [-0.4, -0.2) is 61.6 Å². The standard InChI is InChI=1S/C24H22N8O2S/c1-16-3-5-17(6-4-16)32-21(28-23(33)18-14-26-31-8-2-7-25-22(18)31)13-19(29-32)20-15-35-24(27-20)30-9-11-34-12-10-30/h2-8,13-15H,9-12H2,1H3,(H,28,33). The smallest absolute Gasteiger partial charge is 0.262 e. The molecular formula is C24H22N8O2S. The molecule has 1 aliphatic heterocycles. The monoisotopic (exact) mass is 486 g/mol. The van der Waals surface area contributed by atoms with Crippen molar-refractivity contribution in [2.75, 3.05) is 36.5 Å². The predicted molar refractivity (Wildman–Crippen MR) is 133 cm³/mol. The van der Waals surface area contributed by atoms with Crippen LogP contribution in [0.4, 0.5) is 10.9 Å². The van der Waals surface area contributed by atoms with Crippen LogP contribution in [0.2, 0.25) is 0 Å². The van der Waals surface area contributed by atoms with E-state index in [0.29, 0.717) is 35.9 Å². The fourth-order valence-electron chi connectivity index (χ4n) is 3.93. The van der Waals surface area contributed by atoms with E-state index in [0.717, 1.165) is 35.2 Å². The number of amides is 1. The number of morpholine rings is 1. The maximum atomic E-state index is 13.2. The SMILES string of the molecule is Cc1ccc(-n2nc(-c3csc(N4CCOCC4)n3)cc2NC(=O)c2cnn3cccnc23)cc1. The van der Waals surface area contributed by atoms with Gasteiger partial charge in [0.2, 0.25) is 0 Å². The number of rotatable bonds is 5. The molecule has 11 heteroatoms. The summed E-state index contributed by atoms with van der Waals surface area (Å²) in [6.45, 7) is 5.07. The molecule has 0 radical (unpaired) electrons. The highest BCUT2D eigenvalue weighted by atomic mass is 32.1. The molecule has 1 N–H and O–H groups in total. The van der Waals surface area contributed by atoms with Gasteiger partial charge in [-0.15, -0.1) is 11.3 Å². The minimum atomic E-state index is -0.314. The molecule has 0 unspecified atom stereocenters. The van der Waals surface area contributed by atoms with Crippen LogP contribution in [0.15, 0.2) is 60.4 Å². The second-order valence-electron chi connectivity index (χ2n) is 8.18. The number of fused-ring (bicyclic) bond motifs is 1. The number of nitrogens with zero attached hydrogens (tertiary/aromatic N) is 7. The molecule has 1 aromatic carbocycles. The van der Waals surface area contributed by atoms with Gasteiger partial charge in [-0.3, -0.25) is 4.79 Å². The Bertz CT molecular complexity index is 1500. The first-order valence-corrected chi connectivity index (χ1v) is 12.1. The van der Waals surface area contributed by atoms with E-state index in [9.17, 15) is 4.79 Å². The van der Waals surface area contributed by atoms with Crippen LogP contribution in [0.5, 0.6) is 0 Å². The Balaban J connectivity index is 1.36. The summed E-state index contributed by atoms with van der Waals surface area (Å²) in [7, 11) is 0. The van der Waals surface area contributed by atoms with Crippen LogP contribution in [0.3, 0.4) is 0 Å². The molecule has 1 amide bonds. The van der Waals surface area contributed by atoms with Crippen molar-refractivity contribution in [1.29, 1.82) is 0 Å². The summed E-state index contributed by atoms with van der Waals surface area (Å²) in [5.74, 6) is 0.218. The molecule has 35 heavy (non-hydrogen) atoms. The van der Waals surface area contributed by atoms with E-state index in [1.807, 2.05) is 42.6 Å². The molecule has 176 valence electrons. The average Bonchev–Trinajstić information content (AvgIpc) is 3.63. The van der Waals surface area contributed by atoms with Gasteiger partial charge in [-0.2, -0.15) is 10.2 Å². The van der Waals surface area contributed by atoms with Gasteiger partial charge < -0.3 is 15.0 Å². The Morgan fingerprint density at radius 2 is 1.97 bits per heavy atom. The van der Waals surface area contributed by atoms with E-state index >= 15 is 0 Å². The van der Waals surface area contributed by atoms with Crippen molar-refractivity contribution in [3.05, 3.63) is 71.5 Å². The zero-order valence-electron chi connectivity index (χ0n) is 19.0. The quantitative estimate of drug-likeness (QED) is 0.406. The van der Waals surface area contributed by atoms with E-state index < -0.39 is 0 Å². The number of hydrogen-bond acceptors (Lipinski definition) is 8. The normalized spacial score (nSPS) is 13.9. The lowest BCUT2D eigenvalue weighted by Gasteiger charge is -2.25. The molecule has 1 fully saturated rings. The van der Waals surface area contributed by atoms with E-state index in [1.54, 1.807) is 39.0 Å². The maximum Gasteiger partial charge on any atom is 0.262 e. The van der Waals surface area contributed by atoms with Crippen LogP contribution in [0, 0.1) is 6.92 Å². The number of benzene rings is 1. The highest BCUT2D eigenvalue weighted by molar-refractivity contribution is 7.14. The molecule has 5 aromatic rings. The summed E-state index contributed by atoms with van der Waals surface area (Å²) in [6, 6.07) is 11.6. The fourth-order valence-corrected chi connectivity index (χ4v) is 4.80. The third kappa shape index (κ3) is 4.15. The number of aromatic nitrogens is 6. The molecule has 1 aliphatic rings. The van der Waals surface area contributed by atoms with Gasteiger partial charge in [0, 0.05) is 36.9 Å². The Hall–Kier alpha value is -4.09. The van der Waals surface area contributed by atoms with Crippen LogP contribution in [-0.2, 0) is 4.74 Å². The van der Waals surface area contributed by atoms with E-state index in [1.165, 1.54) is 6.20 Å². The molecule has 10 nitrogen and oxygen atoms in total. The van der Waals surface area contributed by atoms with Crippen molar-refractivity contribution >= 4 is 33.8 Å². The Morgan fingerprint density at radius 3 is 2.80 bits per heavy atom. The lowest BCUT2D eigenvalue weighted by molar-refractivity contribution is 0.102. The van der Waals surface area contributed by atoms with Gasteiger partial charge in [0.1, 0.15) is 22.8 Å². The number of anilines is 2. The highest BCUT2D eigenvalue weighted by Crippen LogP contribution is 2.30.